The Bertz CT molecular complexity index is 1210. The maximum absolute atomic E-state index is 13.3. The minimum atomic E-state index is -0.417. The van der Waals surface area contributed by atoms with Gasteiger partial charge in [0.25, 0.3) is 0 Å². The molecule has 0 aliphatic rings. The topological polar surface area (TPSA) is 108 Å². The summed E-state index contributed by atoms with van der Waals surface area (Å²) in [6.07, 6.45) is 0.900. The van der Waals surface area contributed by atoms with Crippen molar-refractivity contribution < 1.29 is 46.6 Å². The first-order valence-electron chi connectivity index (χ1n) is 16.3. The van der Waals surface area contributed by atoms with Crippen LogP contribution < -0.4 is 20.4 Å². The predicted molar refractivity (Wildman–Crippen MR) is 186 cm³/mol. The number of nitrogens with zero attached hydrogens (tertiary/aromatic N) is 2. The molecule has 7 heteroatoms. The Balaban J connectivity index is 0. The van der Waals surface area contributed by atoms with E-state index < -0.39 is 12.2 Å². The van der Waals surface area contributed by atoms with E-state index in [0.29, 0.717) is 25.2 Å². The second-order valence-corrected chi connectivity index (χ2v) is 16.8. The third kappa shape index (κ3) is 17.0. The first kappa shape index (κ1) is 46.6. The van der Waals surface area contributed by atoms with Gasteiger partial charge in [-0.15, -0.1) is 18.0 Å². The molecular formula is C39H64N2O4Zr. The number of aliphatic imine (C=N–C) groups is 1. The molecule has 0 aliphatic carbocycles. The van der Waals surface area contributed by atoms with E-state index in [2.05, 4.69) is 111 Å². The van der Waals surface area contributed by atoms with E-state index in [0.717, 1.165) is 22.3 Å². The first-order chi connectivity index (χ1) is 20.1. The van der Waals surface area contributed by atoms with E-state index >= 15 is 0 Å². The molecule has 0 aliphatic heterocycles. The molecule has 6 nitrogen and oxygen atoms in total. The van der Waals surface area contributed by atoms with Gasteiger partial charge in [-0.05, 0) is 62.1 Å². The van der Waals surface area contributed by atoms with Crippen molar-refractivity contribution in [2.45, 2.75) is 151 Å². The van der Waals surface area contributed by atoms with Crippen LogP contribution in [0.4, 0.5) is 0 Å². The van der Waals surface area contributed by atoms with Crippen molar-refractivity contribution in [2.24, 2.45) is 4.99 Å². The van der Waals surface area contributed by atoms with Crippen LogP contribution in [0.5, 0.6) is 11.5 Å². The summed E-state index contributed by atoms with van der Waals surface area (Å²) in [6.45, 7) is 33.9. The van der Waals surface area contributed by atoms with Gasteiger partial charge >= 0.3 is 26.2 Å². The Morgan fingerprint density at radius 2 is 1.02 bits per heavy atom. The summed E-state index contributed by atoms with van der Waals surface area (Å²) in [5.41, 5.74) is 4.99. The zero-order chi connectivity index (χ0) is 35.7. The molecule has 46 heavy (non-hydrogen) atoms. The third-order valence-corrected chi connectivity index (χ3v) is 6.91. The number of benzene rings is 2. The molecule has 2 rings (SSSR count). The van der Waals surface area contributed by atoms with Gasteiger partial charge in [0.2, 0.25) is 0 Å². The third-order valence-electron chi connectivity index (χ3n) is 6.91. The van der Waals surface area contributed by atoms with Crippen LogP contribution in [0.2, 0.25) is 0 Å². The molecule has 0 bridgehead atoms. The molecule has 0 N–H and O–H groups in total. The molecule has 258 valence electrons. The Morgan fingerprint density at radius 1 is 0.652 bits per heavy atom. The predicted octanol–water partition coefficient (Wildman–Crippen LogP) is 6.08. The standard InChI is InChI=1S/C33H52N2O2.2C3H7O.Zr/c1-30(2,3)24-16-22(28(36)26(18-24)32(7,8)9)20-34-14-15-35(13)21-23-17-25(31(4,5)6)19-27(29(23)37)33(10,11)12;2*1-3(2)4;/h16-20,36-37H,14-15,21H2,1-13H3;2*3H,1-2H3;/q;2*-1;+4/p-2. The van der Waals surface area contributed by atoms with Crippen LogP contribution in [-0.4, -0.2) is 43.5 Å². The van der Waals surface area contributed by atoms with Crippen molar-refractivity contribution in [3.8, 4) is 11.5 Å². The molecule has 0 radical (unpaired) electrons. The van der Waals surface area contributed by atoms with Crippen LogP contribution in [0.15, 0.2) is 29.3 Å². The van der Waals surface area contributed by atoms with Crippen LogP contribution in [0.1, 0.15) is 144 Å². The normalized spacial score (nSPS) is 12.6. The summed E-state index contributed by atoms with van der Waals surface area (Å²) < 4.78 is 0. The molecule has 0 unspecified atom stereocenters. The second kappa shape index (κ2) is 18.9. The zero-order valence-electron chi connectivity index (χ0n) is 32.2. The molecule has 0 atom stereocenters. The number of rotatable bonds is 6. The number of hydrogen-bond donors (Lipinski definition) is 0. The summed E-state index contributed by atoms with van der Waals surface area (Å²) >= 11 is 0. The molecule has 0 aromatic heterocycles. The van der Waals surface area contributed by atoms with Gasteiger partial charge in [-0.2, -0.15) is 0 Å². The quantitative estimate of drug-likeness (QED) is 0.337. The van der Waals surface area contributed by atoms with Gasteiger partial charge in [0.1, 0.15) is 0 Å². The van der Waals surface area contributed by atoms with E-state index in [1.54, 1.807) is 33.9 Å². The SMILES string of the molecule is CC(C)[O-].CC(C)[O-].CN(CCN=Cc1cc(C(C)(C)C)cc(C(C)(C)C)c1[O-])Cc1cc(C(C)(C)C)cc(C(C)(C)C)c1[O-].[Zr+4]. The maximum Gasteiger partial charge on any atom is 4.00 e. The van der Waals surface area contributed by atoms with Crippen LogP contribution in [0, 0.1) is 0 Å². The van der Waals surface area contributed by atoms with E-state index in [1.807, 2.05) is 13.1 Å². The van der Waals surface area contributed by atoms with Crippen molar-refractivity contribution in [2.75, 3.05) is 20.1 Å². The average Bonchev–Trinajstić information content (AvgIpc) is 2.80. The Morgan fingerprint density at radius 3 is 1.39 bits per heavy atom. The van der Waals surface area contributed by atoms with Gasteiger partial charge in [-0.25, -0.2) is 0 Å². The first-order valence-corrected chi connectivity index (χ1v) is 16.3. The second-order valence-electron chi connectivity index (χ2n) is 16.8. The summed E-state index contributed by atoms with van der Waals surface area (Å²) in [5, 5.41) is 45.6. The minimum absolute atomic E-state index is 0. The van der Waals surface area contributed by atoms with Gasteiger partial charge in [0.05, 0.1) is 6.54 Å². The fraction of sp³-hybridized carbons (Fsp3) is 0.667. The number of likely N-dealkylation sites (N-methyl/N-ethyl adjacent to an activating group) is 1. The molecule has 0 amide bonds. The summed E-state index contributed by atoms with van der Waals surface area (Å²) in [6, 6.07) is 8.22. The Labute approximate surface area is 301 Å². The molecule has 0 spiro atoms. The van der Waals surface area contributed by atoms with E-state index in [1.165, 1.54) is 5.56 Å². The molecule has 2 aromatic carbocycles. The molecule has 0 fully saturated rings. The van der Waals surface area contributed by atoms with E-state index in [9.17, 15) is 20.4 Å². The van der Waals surface area contributed by atoms with Crippen molar-refractivity contribution in [3.05, 3.63) is 57.6 Å². The van der Waals surface area contributed by atoms with E-state index in [-0.39, 0.29) is 59.4 Å². The van der Waals surface area contributed by atoms with Crippen molar-refractivity contribution in [1.29, 1.82) is 0 Å². The molecule has 0 heterocycles. The minimum Gasteiger partial charge on any atom is -0.872 e. The van der Waals surface area contributed by atoms with Crippen LogP contribution >= 0.6 is 0 Å². The largest absolute Gasteiger partial charge is 4.00 e. The van der Waals surface area contributed by atoms with Gasteiger partial charge < -0.3 is 25.3 Å². The van der Waals surface area contributed by atoms with Gasteiger partial charge in [0, 0.05) is 19.3 Å². The summed E-state index contributed by atoms with van der Waals surface area (Å²) in [5.74, 6) is 0.197. The monoisotopic (exact) mass is 714 g/mol. The summed E-state index contributed by atoms with van der Waals surface area (Å²) in [4.78, 5) is 6.76. The Hall–Kier alpha value is -1.53. The number of hydrogen-bond acceptors (Lipinski definition) is 6. The molecule has 0 saturated heterocycles. The molecule has 0 saturated carbocycles. The van der Waals surface area contributed by atoms with Crippen LogP contribution in [0.3, 0.4) is 0 Å². The average molecular weight is 716 g/mol. The Kier molecular flexibility index (Phi) is 19.1. The van der Waals surface area contributed by atoms with Crippen molar-refractivity contribution in [3.63, 3.8) is 0 Å². The molecule has 2 aromatic rings. The molecular weight excluding hydrogens is 652 g/mol. The van der Waals surface area contributed by atoms with Crippen molar-refractivity contribution >= 4 is 6.21 Å². The van der Waals surface area contributed by atoms with Crippen molar-refractivity contribution in [1.82, 2.24) is 4.90 Å². The van der Waals surface area contributed by atoms with Crippen LogP contribution in [0.25, 0.3) is 0 Å². The van der Waals surface area contributed by atoms with Crippen LogP contribution in [-0.2, 0) is 54.4 Å². The fourth-order valence-electron chi connectivity index (χ4n) is 4.30. The maximum atomic E-state index is 13.3. The van der Waals surface area contributed by atoms with Gasteiger partial charge in [0.15, 0.2) is 0 Å². The smallest absolute Gasteiger partial charge is 0.872 e. The van der Waals surface area contributed by atoms with Gasteiger partial charge in [-0.1, -0.05) is 141 Å². The zero-order valence-corrected chi connectivity index (χ0v) is 34.6. The van der Waals surface area contributed by atoms with Gasteiger partial charge in [-0.3, -0.25) is 4.99 Å². The fourth-order valence-corrected chi connectivity index (χ4v) is 4.30. The summed E-state index contributed by atoms with van der Waals surface area (Å²) in [7, 11) is 2.02. The van der Waals surface area contributed by atoms with E-state index in [4.69, 9.17) is 0 Å².